The molecule has 9 nitrogen and oxygen atoms in total. The number of carbonyl (C=O) groups excluding carboxylic acids is 2. The number of nitrogens with zero attached hydrogens (tertiary/aromatic N) is 3. The van der Waals surface area contributed by atoms with Crippen LogP contribution in [0.1, 0.15) is 63.0 Å². The minimum absolute atomic E-state index is 0.145. The van der Waals surface area contributed by atoms with Crippen LogP contribution in [0.5, 0.6) is 0 Å². The number of furan rings is 1. The fourth-order valence-electron chi connectivity index (χ4n) is 4.07. The number of carbonyl (C=O) groups is 2. The topological polar surface area (TPSA) is 110 Å². The van der Waals surface area contributed by atoms with E-state index in [-0.39, 0.29) is 35.2 Å². The molecule has 0 unspecified atom stereocenters. The molecule has 2 aromatic rings. The van der Waals surface area contributed by atoms with Crippen LogP contribution in [-0.2, 0) is 21.5 Å². The van der Waals surface area contributed by atoms with Crippen molar-refractivity contribution in [3.8, 4) is 0 Å². The van der Waals surface area contributed by atoms with E-state index in [2.05, 4.69) is 29.5 Å². The summed E-state index contributed by atoms with van der Waals surface area (Å²) in [6, 6.07) is 3.54. The summed E-state index contributed by atoms with van der Waals surface area (Å²) in [7, 11) is 1.40. The summed E-state index contributed by atoms with van der Waals surface area (Å²) < 4.78 is 10.4. The van der Waals surface area contributed by atoms with Crippen LogP contribution >= 0.6 is 0 Å². The molecule has 9 heteroatoms. The minimum Gasteiger partial charge on any atom is -0.469 e. The SMILES string of the molecule is COC(=O)[C@H]1CNC[C@@H](N(CC(C)C)C(=O)c2cnc(C(C)(C)C)nc2NCc2ccco2)C1. The zero-order valence-corrected chi connectivity index (χ0v) is 21.1. The Morgan fingerprint density at radius 2 is 2.09 bits per heavy atom. The first kappa shape index (κ1) is 25.7. The van der Waals surface area contributed by atoms with E-state index < -0.39 is 0 Å². The first-order chi connectivity index (χ1) is 16.1. The Morgan fingerprint density at radius 1 is 1.32 bits per heavy atom. The number of anilines is 1. The van der Waals surface area contributed by atoms with Gasteiger partial charge >= 0.3 is 5.97 Å². The normalized spacial score (nSPS) is 18.6. The van der Waals surface area contributed by atoms with Gasteiger partial charge in [-0.05, 0) is 24.5 Å². The van der Waals surface area contributed by atoms with Gasteiger partial charge in [-0.3, -0.25) is 9.59 Å². The number of esters is 1. The number of nitrogens with one attached hydrogen (secondary N) is 2. The molecule has 3 rings (SSSR count). The lowest BCUT2D eigenvalue weighted by Crippen LogP contribution is -2.53. The molecule has 1 fully saturated rings. The maximum atomic E-state index is 13.9. The number of aromatic nitrogens is 2. The molecule has 0 radical (unpaired) electrons. The summed E-state index contributed by atoms with van der Waals surface area (Å²) in [5.41, 5.74) is 0.127. The highest BCUT2D eigenvalue weighted by molar-refractivity contribution is 5.98. The van der Waals surface area contributed by atoms with Gasteiger partial charge < -0.3 is 24.7 Å². The van der Waals surface area contributed by atoms with Gasteiger partial charge in [0.15, 0.2) is 0 Å². The highest BCUT2D eigenvalue weighted by Gasteiger charge is 2.35. The number of piperidine rings is 1. The van der Waals surface area contributed by atoms with Crippen LogP contribution in [0.4, 0.5) is 5.82 Å². The molecule has 3 heterocycles. The Labute approximate surface area is 201 Å². The lowest BCUT2D eigenvalue weighted by molar-refractivity contribution is -0.146. The monoisotopic (exact) mass is 471 g/mol. The molecule has 1 saturated heterocycles. The number of hydrogen-bond acceptors (Lipinski definition) is 8. The molecule has 2 aromatic heterocycles. The summed E-state index contributed by atoms with van der Waals surface area (Å²) in [5.74, 6) is 1.40. The third kappa shape index (κ3) is 6.34. The predicted octanol–water partition coefficient (Wildman–Crippen LogP) is 3.23. The van der Waals surface area contributed by atoms with E-state index in [9.17, 15) is 9.59 Å². The molecule has 0 spiro atoms. The molecule has 2 N–H and O–H groups in total. The van der Waals surface area contributed by atoms with Gasteiger partial charge in [-0.25, -0.2) is 9.97 Å². The van der Waals surface area contributed by atoms with Gasteiger partial charge in [0.2, 0.25) is 0 Å². The van der Waals surface area contributed by atoms with Gasteiger partial charge in [-0.1, -0.05) is 34.6 Å². The van der Waals surface area contributed by atoms with Gasteiger partial charge in [0.1, 0.15) is 23.0 Å². The quantitative estimate of drug-likeness (QED) is 0.565. The third-order valence-electron chi connectivity index (χ3n) is 5.83. The van der Waals surface area contributed by atoms with Crippen LogP contribution in [0.2, 0.25) is 0 Å². The Balaban J connectivity index is 1.93. The van der Waals surface area contributed by atoms with Crippen molar-refractivity contribution in [2.75, 3.05) is 32.1 Å². The number of hydrogen-bond donors (Lipinski definition) is 2. The molecule has 34 heavy (non-hydrogen) atoms. The smallest absolute Gasteiger partial charge is 0.310 e. The van der Waals surface area contributed by atoms with E-state index in [0.29, 0.717) is 49.8 Å². The lowest BCUT2D eigenvalue weighted by Gasteiger charge is -2.38. The summed E-state index contributed by atoms with van der Waals surface area (Å²) in [5, 5.41) is 6.57. The van der Waals surface area contributed by atoms with Crippen molar-refractivity contribution in [2.45, 2.75) is 59.0 Å². The van der Waals surface area contributed by atoms with E-state index in [1.54, 1.807) is 12.5 Å². The van der Waals surface area contributed by atoms with Crippen molar-refractivity contribution in [3.05, 3.63) is 41.7 Å². The zero-order valence-electron chi connectivity index (χ0n) is 21.1. The van der Waals surface area contributed by atoms with Crippen LogP contribution in [0.3, 0.4) is 0 Å². The van der Waals surface area contributed by atoms with E-state index in [4.69, 9.17) is 14.1 Å². The molecule has 0 aliphatic carbocycles. The van der Waals surface area contributed by atoms with Crippen LogP contribution in [-0.4, -0.2) is 59.5 Å². The maximum Gasteiger partial charge on any atom is 0.310 e. The number of rotatable bonds is 8. The molecule has 1 amide bonds. The predicted molar refractivity (Wildman–Crippen MR) is 129 cm³/mol. The van der Waals surface area contributed by atoms with Crippen LogP contribution < -0.4 is 10.6 Å². The first-order valence-corrected chi connectivity index (χ1v) is 11.8. The van der Waals surface area contributed by atoms with Crippen molar-refractivity contribution >= 4 is 17.7 Å². The highest BCUT2D eigenvalue weighted by Crippen LogP contribution is 2.26. The Bertz CT molecular complexity index is 968. The molecule has 0 aromatic carbocycles. The van der Waals surface area contributed by atoms with Gasteiger partial charge in [-0.15, -0.1) is 0 Å². The summed E-state index contributed by atoms with van der Waals surface area (Å²) in [6.45, 7) is 12.4. The summed E-state index contributed by atoms with van der Waals surface area (Å²) >= 11 is 0. The van der Waals surface area contributed by atoms with Crippen molar-refractivity contribution in [3.63, 3.8) is 0 Å². The Morgan fingerprint density at radius 3 is 2.71 bits per heavy atom. The second-order valence-electron chi connectivity index (χ2n) is 10.3. The molecule has 1 aliphatic heterocycles. The lowest BCUT2D eigenvalue weighted by atomic mass is 9.93. The van der Waals surface area contributed by atoms with E-state index in [1.807, 2.05) is 37.8 Å². The van der Waals surface area contributed by atoms with Gasteiger partial charge in [0.05, 0.1) is 25.8 Å². The number of amides is 1. The fraction of sp³-hybridized carbons (Fsp3) is 0.600. The van der Waals surface area contributed by atoms with Crippen LogP contribution in [0, 0.1) is 11.8 Å². The third-order valence-corrected chi connectivity index (χ3v) is 5.83. The average Bonchev–Trinajstić information content (AvgIpc) is 3.33. The standard InChI is InChI=1S/C25H37N5O4/c1-16(2)15-30(18-10-17(11-26-12-18)23(32)33-6)22(31)20-14-28-24(25(3,4)5)29-21(20)27-13-19-8-7-9-34-19/h7-9,14,16-18,26H,10-13,15H2,1-6H3,(H,27,28,29)/t17-,18+/m1/s1. The van der Waals surface area contributed by atoms with Crippen molar-refractivity contribution in [2.24, 2.45) is 11.8 Å². The fourth-order valence-corrected chi connectivity index (χ4v) is 4.07. The summed E-state index contributed by atoms with van der Waals surface area (Å²) in [6.07, 6.45) is 3.78. The van der Waals surface area contributed by atoms with E-state index in [0.717, 1.165) is 5.76 Å². The molecule has 2 atom stereocenters. The molecular formula is C25H37N5O4. The van der Waals surface area contributed by atoms with Gasteiger partial charge in [0.25, 0.3) is 5.91 Å². The van der Waals surface area contributed by atoms with E-state index in [1.165, 1.54) is 7.11 Å². The Kier molecular flexibility index (Phi) is 8.30. The second-order valence-corrected chi connectivity index (χ2v) is 10.3. The van der Waals surface area contributed by atoms with Crippen molar-refractivity contribution < 1.29 is 18.7 Å². The zero-order chi connectivity index (χ0) is 24.9. The molecule has 1 aliphatic rings. The first-order valence-electron chi connectivity index (χ1n) is 11.8. The maximum absolute atomic E-state index is 13.9. The Hall–Kier alpha value is -2.94. The van der Waals surface area contributed by atoms with Gasteiger partial charge in [0, 0.05) is 37.3 Å². The molecule has 0 saturated carbocycles. The highest BCUT2D eigenvalue weighted by atomic mass is 16.5. The van der Waals surface area contributed by atoms with Crippen LogP contribution in [0.25, 0.3) is 0 Å². The second kappa shape index (κ2) is 11.0. The minimum atomic E-state index is -0.290. The number of ether oxygens (including phenoxy) is 1. The summed E-state index contributed by atoms with van der Waals surface area (Å²) in [4.78, 5) is 37.2. The van der Waals surface area contributed by atoms with Crippen molar-refractivity contribution in [1.82, 2.24) is 20.2 Å². The largest absolute Gasteiger partial charge is 0.469 e. The average molecular weight is 472 g/mol. The van der Waals surface area contributed by atoms with Gasteiger partial charge in [-0.2, -0.15) is 0 Å². The molecule has 0 bridgehead atoms. The van der Waals surface area contributed by atoms with Crippen LogP contribution in [0.15, 0.2) is 29.0 Å². The molecule has 186 valence electrons. The number of methoxy groups -OCH3 is 1. The van der Waals surface area contributed by atoms with Crippen molar-refractivity contribution in [1.29, 1.82) is 0 Å². The van der Waals surface area contributed by atoms with E-state index >= 15 is 0 Å². The molecular weight excluding hydrogens is 434 g/mol.